The molecule has 5 nitrogen and oxygen atoms in total. The fourth-order valence-corrected chi connectivity index (χ4v) is 1.70. The van der Waals surface area contributed by atoms with Crippen molar-refractivity contribution < 1.29 is 14.0 Å². The Kier molecular flexibility index (Phi) is 6.12. The molecule has 106 valence electrons. The van der Waals surface area contributed by atoms with E-state index in [0.717, 1.165) is 6.42 Å². The topological polar surface area (TPSA) is 71.3 Å². The third kappa shape index (κ3) is 5.16. The SMILES string of the molecule is CCCC(=O)N[C@@H](C(=O)NCc1ccco1)C(C)C. The van der Waals surface area contributed by atoms with Gasteiger partial charge in [-0.25, -0.2) is 0 Å². The average molecular weight is 266 g/mol. The molecule has 2 amide bonds. The van der Waals surface area contributed by atoms with E-state index in [1.165, 1.54) is 0 Å². The van der Waals surface area contributed by atoms with Gasteiger partial charge in [-0.1, -0.05) is 20.8 Å². The fourth-order valence-electron chi connectivity index (χ4n) is 1.70. The molecule has 0 spiro atoms. The zero-order valence-electron chi connectivity index (χ0n) is 11.7. The van der Waals surface area contributed by atoms with Crippen LogP contribution in [0.5, 0.6) is 0 Å². The molecule has 0 aliphatic heterocycles. The summed E-state index contributed by atoms with van der Waals surface area (Å²) in [5, 5.41) is 5.53. The van der Waals surface area contributed by atoms with Crippen molar-refractivity contribution in [3.63, 3.8) is 0 Å². The van der Waals surface area contributed by atoms with Gasteiger partial charge in [-0.3, -0.25) is 9.59 Å². The third-order valence-electron chi connectivity index (χ3n) is 2.76. The Bertz CT molecular complexity index is 399. The molecule has 1 heterocycles. The Morgan fingerprint density at radius 1 is 1.37 bits per heavy atom. The van der Waals surface area contributed by atoms with Crippen LogP contribution in [-0.4, -0.2) is 17.9 Å². The van der Waals surface area contributed by atoms with E-state index in [9.17, 15) is 9.59 Å². The number of nitrogens with one attached hydrogen (secondary N) is 2. The lowest BCUT2D eigenvalue weighted by Crippen LogP contribution is -2.49. The zero-order valence-corrected chi connectivity index (χ0v) is 11.7. The second kappa shape index (κ2) is 7.61. The molecule has 5 heteroatoms. The highest BCUT2D eigenvalue weighted by Crippen LogP contribution is 2.04. The Morgan fingerprint density at radius 3 is 2.63 bits per heavy atom. The molecule has 0 unspecified atom stereocenters. The Labute approximate surface area is 113 Å². The maximum atomic E-state index is 12.1. The highest BCUT2D eigenvalue weighted by Gasteiger charge is 2.23. The molecule has 0 radical (unpaired) electrons. The first kappa shape index (κ1) is 15.3. The molecule has 0 fully saturated rings. The summed E-state index contributed by atoms with van der Waals surface area (Å²) in [7, 11) is 0. The Hall–Kier alpha value is -1.78. The van der Waals surface area contributed by atoms with Crippen molar-refractivity contribution in [2.45, 2.75) is 46.2 Å². The zero-order chi connectivity index (χ0) is 14.3. The minimum absolute atomic E-state index is 0.0393. The lowest BCUT2D eigenvalue weighted by atomic mass is 10.0. The largest absolute Gasteiger partial charge is 0.467 e. The summed E-state index contributed by atoms with van der Waals surface area (Å²) in [5.41, 5.74) is 0. The molecule has 1 aromatic heterocycles. The van der Waals surface area contributed by atoms with Gasteiger partial charge in [-0.2, -0.15) is 0 Å². The minimum Gasteiger partial charge on any atom is -0.467 e. The number of rotatable bonds is 7. The Morgan fingerprint density at radius 2 is 2.11 bits per heavy atom. The van der Waals surface area contributed by atoms with Gasteiger partial charge in [0.2, 0.25) is 11.8 Å². The first-order valence-corrected chi connectivity index (χ1v) is 6.64. The van der Waals surface area contributed by atoms with Gasteiger partial charge in [0, 0.05) is 6.42 Å². The van der Waals surface area contributed by atoms with Crippen LogP contribution in [0, 0.1) is 5.92 Å². The number of hydrogen-bond acceptors (Lipinski definition) is 3. The molecule has 2 N–H and O–H groups in total. The summed E-state index contributed by atoms with van der Waals surface area (Å²) in [6.45, 7) is 6.08. The summed E-state index contributed by atoms with van der Waals surface area (Å²) in [6.07, 6.45) is 2.77. The molecule has 19 heavy (non-hydrogen) atoms. The molecular weight excluding hydrogens is 244 g/mol. The van der Waals surface area contributed by atoms with Crippen LogP contribution in [0.1, 0.15) is 39.4 Å². The van der Waals surface area contributed by atoms with Crippen LogP contribution in [0.2, 0.25) is 0 Å². The number of hydrogen-bond donors (Lipinski definition) is 2. The smallest absolute Gasteiger partial charge is 0.243 e. The third-order valence-corrected chi connectivity index (χ3v) is 2.76. The summed E-state index contributed by atoms with van der Waals surface area (Å²) < 4.78 is 5.14. The number of furan rings is 1. The van der Waals surface area contributed by atoms with Crippen molar-refractivity contribution in [2.24, 2.45) is 5.92 Å². The van der Waals surface area contributed by atoms with Gasteiger partial charge in [-0.05, 0) is 24.5 Å². The van der Waals surface area contributed by atoms with Crippen molar-refractivity contribution in [3.05, 3.63) is 24.2 Å². The first-order chi connectivity index (χ1) is 9.04. The monoisotopic (exact) mass is 266 g/mol. The van der Waals surface area contributed by atoms with Crippen molar-refractivity contribution in [1.29, 1.82) is 0 Å². The van der Waals surface area contributed by atoms with Gasteiger partial charge in [-0.15, -0.1) is 0 Å². The van der Waals surface area contributed by atoms with Crippen LogP contribution in [0.4, 0.5) is 0 Å². The van der Waals surface area contributed by atoms with E-state index in [1.807, 2.05) is 20.8 Å². The molecule has 0 bridgehead atoms. The molecule has 1 aromatic rings. The van der Waals surface area contributed by atoms with Gasteiger partial charge < -0.3 is 15.1 Å². The first-order valence-electron chi connectivity index (χ1n) is 6.64. The van der Waals surface area contributed by atoms with E-state index in [2.05, 4.69) is 10.6 Å². The molecule has 0 aliphatic carbocycles. The number of carbonyl (C=O) groups excluding carboxylic acids is 2. The van der Waals surface area contributed by atoms with Crippen molar-refractivity contribution in [1.82, 2.24) is 10.6 Å². The van der Waals surface area contributed by atoms with E-state index in [1.54, 1.807) is 18.4 Å². The maximum absolute atomic E-state index is 12.1. The van der Waals surface area contributed by atoms with Gasteiger partial charge in [0.05, 0.1) is 12.8 Å². The number of amides is 2. The lowest BCUT2D eigenvalue weighted by Gasteiger charge is -2.21. The summed E-state index contributed by atoms with van der Waals surface area (Å²) >= 11 is 0. The standard InChI is InChI=1S/C14H22N2O3/c1-4-6-12(17)16-13(10(2)3)14(18)15-9-11-7-5-8-19-11/h5,7-8,10,13H,4,6,9H2,1-3H3,(H,15,18)(H,16,17)/t13-/m1/s1. The lowest BCUT2D eigenvalue weighted by molar-refractivity contribution is -0.130. The molecule has 0 aliphatic rings. The van der Waals surface area contributed by atoms with E-state index in [-0.39, 0.29) is 17.7 Å². The molecule has 0 aromatic carbocycles. The van der Waals surface area contributed by atoms with E-state index in [4.69, 9.17) is 4.42 Å². The normalized spacial score (nSPS) is 12.2. The predicted octanol–water partition coefficient (Wildman–Crippen LogP) is 1.84. The maximum Gasteiger partial charge on any atom is 0.243 e. The molecule has 0 saturated heterocycles. The summed E-state index contributed by atoms with van der Waals surface area (Å²) in [6, 6.07) is 3.05. The quantitative estimate of drug-likeness (QED) is 0.791. The van der Waals surface area contributed by atoms with Crippen LogP contribution in [0.25, 0.3) is 0 Å². The van der Waals surface area contributed by atoms with Crippen LogP contribution in [-0.2, 0) is 16.1 Å². The highest BCUT2D eigenvalue weighted by atomic mass is 16.3. The Balaban J connectivity index is 2.50. The summed E-state index contributed by atoms with van der Waals surface area (Å²) in [4.78, 5) is 23.6. The second-order valence-corrected chi connectivity index (χ2v) is 4.84. The van der Waals surface area contributed by atoms with Crippen molar-refractivity contribution in [3.8, 4) is 0 Å². The minimum atomic E-state index is -0.506. The fraction of sp³-hybridized carbons (Fsp3) is 0.571. The van der Waals surface area contributed by atoms with Crippen molar-refractivity contribution >= 4 is 11.8 Å². The van der Waals surface area contributed by atoms with Crippen molar-refractivity contribution in [2.75, 3.05) is 0 Å². The molecule has 1 rings (SSSR count). The molecule has 0 saturated carbocycles. The van der Waals surface area contributed by atoms with E-state index >= 15 is 0 Å². The van der Waals surface area contributed by atoms with Crippen LogP contribution in [0.3, 0.4) is 0 Å². The molecular formula is C14H22N2O3. The van der Waals surface area contributed by atoms with Gasteiger partial charge in [0.15, 0.2) is 0 Å². The second-order valence-electron chi connectivity index (χ2n) is 4.84. The van der Waals surface area contributed by atoms with Gasteiger partial charge in [0.1, 0.15) is 11.8 Å². The van der Waals surface area contributed by atoms with Gasteiger partial charge >= 0.3 is 0 Å². The predicted molar refractivity (Wildman–Crippen MR) is 72.2 cm³/mol. The van der Waals surface area contributed by atoms with Crippen LogP contribution < -0.4 is 10.6 Å². The highest BCUT2D eigenvalue weighted by molar-refractivity contribution is 5.87. The van der Waals surface area contributed by atoms with Crippen LogP contribution >= 0.6 is 0 Å². The molecule has 1 atom stereocenters. The van der Waals surface area contributed by atoms with Crippen LogP contribution in [0.15, 0.2) is 22.8 Å². The van der Waals surface area contributed by atoms with Gasteiger partial charge in [0.25, 0.3) is 0 Å². The average Bonchev–Trinajstić information content (AvgIpc) is 2.86. The number of carbonyl (C=O) groups is 2. The van der Waals surface area contributed by atoms with E-state index < -0.39 is 6.04 Å². The van der Waals surface area contributed by atoms with E-state index in [0.29, 0.717) is 18.7 Å². The summed E-state index contributed by atoms with van der Waals surface area (Å²) in [5.74, 6) is 0.457.